The number of aromatic hydroxyl groups is 1. The molecule has 3 rings (SSSR count). The van der Waals surface area contributed by atoms with Crippen LogP contribution in [0, 0.1) is 0 Å². The highest BCUT2D eigenvalue weighted by Crippen LogP contribution is 2.39. The van der Waals surface area contributed by atoms with Gasteiger partial charge in [0.1, 0.15) is 11.5 Å². The summed E-state index contributed by atoms with van der Waals surface area (Å²) >= 11 is 0. The third-order valence-corrected chi connectivity index (χ3v) is 5.80. The molecule has 0 spiro atoms. The molecule has 0 unspecified atom stereocenters. The summed E-state index contributed by atoms with van der Waals surface area (Å²) in [4.78, 5) is 2.35. The van der Waals surface area contributed by atoms with E-state index >= 15 is 0 Å². The van der Waals surface area contributed by atoms with Gasteiger partial charge in [-0.15, -0.1) is 0 Å². The molecule has 0 amide bonds. The van der Waals surface area contributed by atoms with Crippen molar-refractivity contribution in [3.8, 4) is 11.5 Å². The summed E-state index contributed by atoms with van der Waals surface area (Å²) in [6, 6.07) is 12.3. The van der Waals surface area contributed by atoms with Gasteiger partial charge < -0.3 is 14.7 Å². The van der Waals surface area contributed by atoms with Crippen LogP contribution in [0.3, 0.4) is 0 Å². The van der Waals surface area contributed by atoms with Crippen molar-refractivity contribution in [1.29, 1.82) is 0 Å². The Hall–Kier alpha value is -2.69. The molecule has 0 bridgehead atoms. The zero-order valence-corrected chi connectivity index (χ0v) is 20.1. The first-order chi connectivity index (χ1) is 14.5. The standard InChI is InChI=1S/C26H37N3O2/c1-25(2,3)20-16-19(17-21(24(20)30)26(4,5)6)18-27-29-14-12-28(13-15-29)22-10-8-9-11-23(22)31-7/h8-11,16-18,30H,12-15H2,1-7H3. The van der Waals surface area contributed by atoms with Crippen LogP contribution in [0.25, 0.3) is 0 Å². The number of anilines is 1. The van der Waals surface area contributed by atoms with Crippen LogP contribution in [0.4, 0.5) is 5.69 Å². The Balaban J connectivity index is 1.77. The summed E-state index contributed by atoms with van der Waals surface area (Å²) in [6.07, 6.45) is 1.93. The fourth-order valence-corrected chi connectivity index (χ4v) is 3.97. The maximum Gasteiger partial charge on any atom is 0.142 e. The minimum Gasteiger partial charge on any atom is -0.507 e. The summed E-state index contributed by atoms with van der Waals surface area (Å²) in [5.41, 5.74) is 3.80. The van der Waals surface area contributed by atoms with Gasteiger partial charge >= 0.3 is 0 Å². The minimum absolute atomic E-state index is 0.145. The lowest BCUT2D eigenvalue weighted by Gasteiger charge is -2.35. The first-order valence-corrected chi connectivity index (χ1v) is 11.1. The van der Waals surface area contributed by atoms with Crippen molar-refractivity contribution in [2.24, 2.45) is 5.10 Å². The van der Waals surface area contributed by atoms with Crippen molar-refractivity contribution >= 4 is 11.9 Å². The Morgan fingerprint density at radius 3 is 1.97 bits per heavy atom. The van der Waals surface area contributed by atoms with Crippen molar-refractivity contribution in [3.05, 3.63) is 53.1 Å². The van der Waals surface area contributed by atoms with E-state index in [1.807, 2.05) is 24.4 Å². The van der Waals surface area contributed by atoms with E-state index in [9.17, 15) is 5.11 Å². The van der Waals surface area contributed by atoms with Crippen molar-refractivity contribution < 1.29 is 9.84 Å². The number of phenols is 1. The third-order valence-electron chi connectivity index (χ3n) is 5.80. The van der Waals surface area contributed by atoms with Crippen LogP contribution in [-0.2, 0) is 10.8 Å². The second-order valence-corrected chi connectivity index (χ2v) is 10.3. The number of ether oxygens (including phenoxy) is 1. The highest BCUT2D eigenvalue weighted by atomic mass is 16.5. The lowest BCUT2D eigenvalue weighted by Crippen LogP contribution is -2.44. The van der Waals surface area contributed by atoms with E-state index in [2.05, 4.69) is 69.7 Å². The molecule has 0 saturated carbocycles. The molecule has 1 N–H and O–H groups in total. The SMILES string of the molecule is COc1ccccc1N1CCN(N=Cc2cc(C(C)(C)C)c(O)c(C(C)(C)C)c2)CC1. The molecule has 1 aliphatic rings. The Kier molecular flexibility index (Phi) is 6.54. The average Bonchev–Trinajstić information content (AvgIpc) is 2.71. The van der Waals surface area contributed by atoms with E-state index in [0.29, 0.717) is 5.75 Å². The fraction of sp³-hybridized carbons (Fsp3) is 0.500. The smallest absolute Gasteiger partial charge is 0.142 e. The average molecular weight is 424 g/mol. The van der Waals surface area contributed by atoms with Crippen LogP contribution in [0.1, 0.15) is 58.2 Å². The van der Waals surface area contributed by atoms with Crippen molar-refractivity contribution in [2.45, 2.75) is 52.4 Å². The predicted octanol–water partition coefficient (Wildman–Crippen LogP) is 5.15. The fourth-order valence-electron chi connectivity index (χ4n) is 3.97. The minimum atomic E-state index is -0.145. The molecule has 2 aromatic rings. The van der Waals surface area contributed by atoms with Gasteiger partial charge in [0.2, 0.25) is 0 Å². The topological polar surface area (TPSA) is 48.3 Å². The molecule has 0 aliphatic carbocycles. The zero-order chi connectivity index (χ0) is 22.8. The van der Waals surface area contributed by atoms with E-state index in [1.54, 1.807) is 7.11 Å². The molecule has 31 heavy (non-hydrogen) atoms. The van der Waals surface area contributed by atoms with Gasteiger partial charge in [0.25, 0.3) is 0 Å². The first-order valence-electron chi connectivity index (χ1n) is 11.1. The number of rotatable bonds is 4. The predicted molar refractivity (Wildman–Crippen MR) is 130 cm³/mol. The van der Waals surface area contributed by atoms with E-state index in [0.717, 1.165) is 54.3 Å². The molecule has 1 heterocycles. The van der Waals surface area contributed by atoms with Gasteiger partial charge in [-0.2, -0.15) is 5.10 Å². The van der Waals surface area contributed by atoms with Gasteiger partial charge in [0.05, 0.1) is 32.1 Å². The van der Waals surface area contributed by atoms with Gasteiger partial charge in [0, 0.05) is 24.2 Å². The number of hydrazone groups is 1. The van der Waals surface area contributed by atoms with Crippen molar-refractivity contribution in [1.82, 2.24) is 5.01 Å². The maximum absolute atomic E-state index is 10.9. The van der Waals surface area contributed by atoms with Crippen molar-refractivity contribution in [3.63, 3.8) is 0 Å². The lowest BCUT2D eigenvalue weighted by atomic mass is 9.78. The summed E-state index contributed by atoms with van der Waals surface area (Å²) in [5.74, 6) is 1.32. The van der Waals surface area contributed by atoms with E-state index < -0.39 is 0 Å². The van der Waals surface area contributed by atoms with Gasteiger partial charge in [-0.1, -0.05) is 53.7 Å². The number of nitrogens with zero attached hydrogens (tertiary/aromatic N) is 3. The normalized spacial score (nSPS) is 15.6. The summed E-state index contributed by atoms with van der Waals surface area (Å²) in [7, 11) is 1.72. The molecule has 1 aliphatic heterocycles. The van der Waals surface area contributed by atoms with Crippen LogP contribution in [0.5, 0.6) is 11.5 Å². The summed E-state index contributed by atoms with van der Waals surface area (Å²) < 4.78 is 5.51. The Morgan fingerprint density at radius 1 is 0.903 bits per heavy atom. The van der Waals surface area contributed by atoms with Crippen LogP contribution in [0.2, 0.25) is 0 Å². The Bertz CT molecular complexity index is 895. The number of methoxy groups -OCH3 is 1. The monoisotopic (exact) mass is 423 g/mol. The molecule has 0 atom stereocenters. The summed E-state index contributed by atoms with van der Waals surface area (Å²) in [5, 5.41) is 17.8. The van der Waals surface area contributed by atoms with E-state index in [1.165, 1.54) is 0 Å². The van der Waals surface area contributed by atoms with Gasteiger partial charge in [-0.3, -0.25) is 5.01 Å². The highest BCUT2D eigenvalue weighted by molar-refractivity contribution is 5.81. The van der Waals surface area contributed by atoms with Gasteiger partial charge in [-0.25, -0.2) is 0 Å². The van der Waals surface area contributed by atoms with Gasteiger partial charge in [-0.05, 0) is 40.7 Å². The molecule has 1 fully saturated rings. The Labute approximate surface area is 187 Å². The van der Waals surface area contributed by atoms with Crippen LogP contribution >= 0.6 is 0 Å². The quantitative estimate of drug-likeness (QED) is 0.691. The number of hydrogen-bond donors (Lipinski definition) is 1. The van der Waals surface area contributed by atoms with E-state index in [4.69, 9.17) is 9.84 Å². The van der Waals surface area contributed by atoms with Crippen LogP contribution < -0.4 is 9.64 Å². The Morgan fingerprint density at radius 2 is 1.45 bits per heavy atom. The molecule has 0 aromatic heterocycles. The lowest BCUT2D eigenvalue weighted by molar-refractivity contribution is 0.271. The highest BCUT2D eigenvalue weighted by Gasteiger charge is 2.26. The molecule has 1 saturated heterocycles. The molecular weight excluding hydrogens is 386 g/mol. The second-order valence-electron chi connectivity index (χ2n) is 10.3. The van der Waals surface area contributed by atoms with Crippen molar-refractivity contribution in [2.75, 3.05) is 38.2 Å². The van der Waals surface area contributed by atoms with Crippen LogP contribution in [-0.4, -0.2) is 49.6 Å². The molecule has 5 heteroatoms. The molecule has 168 valence electrons. The number of benzene rings is 2. The molecule has 2 aromatic carbocycles. The van der Waals surface area contributed by atoms with Gasteiger partial charge in [0.15, 0.2) is 0 Å². The number of para-hydroxylation sites is 2. The maximum atomic E-state index is 10.9. The number of piperazine rings is 1. The number of phenolic OH excluding ortho intramolecular Hbond substituents is 1. The number of hydrogen-bond acceptors (Lipinski definition) is 5. The largest absolute Gasteiger partial charge is 0.507 e. The van der Waals surface area contributed by atoms with Crippen LogP contribution in [0.15, 0.2) is 41.5 Å². The molecular formula is C26H37N3O2. The second kappa shape index (κ2) is 8.81. The third kappa shape index (κ3) is 5.33. The van der Waals surface area contributed by atoms with E-state index in [-0.39, 0.29) is 10.8 Å². The molecule has 5 nitrogen and oxygen atoms in total. The zero-order valence-electron chi connectivity index (χ0n) is 20.1. The molecule has 0 radical (unpaired) electrons. The summed E-state index contributed by atoms with van der Waals surface area (Å²) in [6.45, 7) is 16.3. The first kappa shape index (κ1) is 23.0.